The van der Waals surface area contributed by atoms with E-state index >= 15 is 0 Å². The van der Waals surface area contributed by atoms with Gasteiger partial charge in [0.25, 0.3) is 5.97 Å². The monoisotopic (exact) mass is 256 g/mol. The highest BCUT2D eigenvalue weighted by atomic mass is 16.4. The summed E-state index contributed by atoms with van der Waals surface area (Å²) in [6, 6.07) is 19.3. The summed E-state index contributed by atoms with van der Waals surface area (Å²) in [5.41, 5.74) is 3.97. The van der Waals surface area contributed by atoms with E-state index in [2.05, 4.69) is 62.4 Å². The fourth-order valence-electron chi connectivity index (χ4n) is 1.69. The van der Waals surface area contributed by atoms with Gasteiger partial charge in [-0.3, -0.25) is 4.79 Å². The average Bonchev–Trinajstić information content (AvgIpc) is 2.39. The van der Waals surface area contributed by atoms with Crippen LogP contribution in [-0.2, 0) is 4.79 Å². The minimum absolute atomic E-state index is 0.606. The van der Waals surface area contributed by atoms with E-state index in [4.69, 9.17) is 9.90 Å². The summed E-state index contributed by atoms with van der Waals surface area (Å²) in [7, 11) is 0. The standard InChI is InChI=1S/C15H16.C2H4O2/c1-12(2)13-8-10-15(11-9-13)14-6-4-3-5-7-14;1-2(3)4/h3-12H,1-2H3;1H3,(H,3,4). The lowest BCUT2D eigenvalue weighted by atomic mass is 9.99. The zero-order valence-electron chi connectivity index (χ0n) is 11.6. The summed E-state index contributed by atoms with van der Waals surface area (Å²) >= 11 is 0. The Balaban J connectivity index is 0.000000399. The fraction of sp³-hybridized carbons (Fsp3) is 0.235. The first-order valence-electron chi connectivity index (χ1n) is 6.35. The second-order valence-corrected chi connectivity index (χ2v) is 4.66. The maximum atomic E-state index is 9.00. The molecule has 0 radical (unpaired) electrons. The van der Waals surface area contributed by atoms with Crippen molar-refractivity contribution in [2.75, 3.05) is 0 Å². The second kappa shape index (κ2) is 7.37. The molecule has 2 rings (SSSR count). The lowest BCUT2D eigenvalue weighted by Crippen LogP contribution is -1.86. The predicted molar refractivity (Wildman–Crippen MR) is 79.3 cm³/mol. The van der Waals surface area contributed by atoms with Crippen LogP contribution in [0.15, 0.2) is 54.6 Å². The van der Waals surface area contributed by atoms with Crippen LogP contribution in [0.3, 0.4) is 0 Å². The van der Waals surface area contributed by atoms with E-state index in [1.165, 1.54) is 16.7 Å². The Labute approximate surface area is 114 Å². The Kier molecular flexibility index (Phi) is 5.80. The third-order valence-corrected chi connectivity index (χ3v) is 2.68. The summed E-state index contributed by atoms with van der Waals surface area (Å²) in [5.74, 6) is -0.227. The highest BCUT2D eigenvalue weighted by Gasteiger charge is 1.99. The van der Waals surface area contributed by atoms with E-state index < -0.39 is 5.97 Å². The van der Waals surface area contributed by atoms with Crippen LogP contribution in [0.25, 0.3) is 11.1 Å². The van der Waals surface area contributed by atoms with E-state index in [0.717, 1.165) is 6.92 Å². The molecule has 0 bridgehead atoms. The number of carboxylic acids is 1. The molecule has 19 heavy (non-hydrogen) atoms. The molecule has 0 saturated heterocycles. The van der Waals surface area contributed by atoms with Crippen molar-refractivity contribution in [1.29, 1.82) is 0 Å². The maximum absolute atomic E-state index is 9.00. The summed E-state index contributed by atoms with van der Waals surface area (Å²) in [6.45, 7) is 5.52. The summed E-state index contributed by atoms with van der Waals surface area (Å²) in [4.78, 5) is 9.00. The van der Waals surface area contributed by atoms with Crippen molar-refractivity contribution in [3.63, 3.8) is 0 Å². The first-order chi connectivity index (χ1) is 9.00. The van der Waals surface area contributed by atoms with Gasteiger partial charge in [0.2, 0.25) is 0 Å². The SMILES string of the molecule is CC(=O)O.CC(C)c1ccc(-c2ccccc2)cc1. The zero-order valence-corrected chi connectivity index (χ0v) is 11.6. The van der Waals surface area contributed by atoms with Gasteiger partial charge in [-0.15, -0.1) is 0 Å². The van der Waals surface area contributed by atoms with Crippen LogP contribution in [0.4, 0.5) is 0 Å². The van der Waals surface area contributed by atoms with Gasteiger partial charge in [0.05, 0.1) is 0 Å². The molecule has 0 fully saturated rings. The van der Waals surface area contributed by atoms with Crippen LogP contribution in [0.5, 0.6) is 0 Å². The van der Waals surface area contributed by atoms with Gasteiger partial charge < -0.3 is 5.11 Å². The quantitative estimate of drug-likeness (QED) is 0.854. The van der Waals surface area contributed by atoms with E-state index in [1.807, 2.05) is 6.07 Å². The van der Waals surface area contributed by atoms with Gasteiger partial charge in [0.15, 0.2) is 0 Å². The molecule has 0 aliphatic rings. The number of hydrogen-bond acceptors (Lipinski definition) is 1. The first kappa shape index (κ1) is 15.0. The molecular weight excluding hydrogens is 236 g/mol. The number of carbonyl (C=O) groups is 1. The molecule has 100 valence electrons. The van der Waals surface area contributed by atoms with Crippen LogP contribution in [0, 0.1) is 0 Å². The van der Waals surface area contributed by atoms with Crippen molar-refractivity contribution in [1.82, 2.24) is 0 Å². The van der Waals surface area contributed by atoms with Gasteiger partial charge in [0.1, 0.15) is 0 Å². The van der Waals surface area contributed by atoms with Crippen LogP contribution in [0.2, 0.25) is 0 Å². The van der Waals surface area contributed by atoms with E-state index in [1.54, 1.807) is 0 Å². The average molecular weight is 256 g/mol. The molecule has 2 heteroatoms. The van der Waals surface area contributed by atoms with Gasteiger partial charge in [-0.05, 0) is 22.6 Å². The fourth-order valence-corrected chi connectivity index (χ4v) is 1.69. The minimum atomic E-state index is -0.833. The van der Waals surface area contributed by atoms with Crippen molar-refractivity contribution < 1.29 is 9.90 Å². The molecule has 0 aliphatic heterocycles. The Morgan fingerprint density at radius 2 is 1.32 bits per heavy atom. The van der Waals surface area contributed by atoms with E-state index in [9.17, 15) is 0 Å². The topological polar surface area (TPSA) is 37.3 Å². The smallest absolute Gasteiger partial charge is 0.300 e. The molecule has 2 aromatic rings. The third kappa shape index (κ3) is 5.38. The number of aliphatic carboxylic acids is 1. The van der Waals surface area contributed by atoms with Crippen LogP contribution in [-0.4, -0.2) is 11.1 Å². The zero-order chi connectivity index (χ0) is 14.3. The molecule has 2 nitrogen and oxygen atoms in total. The van der Waals surface area contributed by atoms with Crippen molar-refractivity contribution in [3.05, 3.63) is 60.2 Å². The molecule has 0 spiro atoms. The highest BCUT2D eigenvalue weighted by molar-refractivity contribution is 5.63. The molecule has 2 aromatic carbocycles. The normalized spacial score (nSPS) is 9.68. The van der Waals surface area contributed by atoms with Crippen LogP contribution >= 0.6 is 0 Å². The molecule has 0 aromatic heterocycles. The number of benzene rings is 2. The largest absolute Gasteiger partial charge is 0.481 e. The molecule has 0 atom stereocenters. The molecule has 1 N–H and O–H groups in total. The molecule has 0 saturated carbocycles. The van der Waals surface area contributed by atoms with E-state index in [0.29, 0.717) is 5.92 Å². The third-order valence-electron chi connectivity index (χ3n) is 2.68. The minimum Gasteiger partial charge on any atom is -0.481 e. The van der Waals surface area contributed by atoms with Crippen molar-refractivity contribution in [2.24, 2.45) is 0 Å². The molecular formula is C17H20O2. The van der Waals surface area contributed by atoms with Crippen molar-refractivity contribution in [3.8, 4) is 11.1 Å². The number of rotatable bonds is 2. The van der Waals surface area contributed by atoms with Crippen LogP contribution < -0.4 is 0 Å². The number of carboxylic acid groups (broad SMARTS) is 1. The molecule has 0 amide bonds. The lowest BCUT2D eigenvalue weighted by Gasteiger charge is -2.06. The molecule has 0 aliphatic carbocycles. The van der Waals surface area contributed by atoms with Crippen molar-refractivity contribution >= 4 is 5.97 Å². The lowest BCUT2D eigenvalue weighted by molar-refractivity contribution is -0.134. The van der Waals surface area contributed by atoms with Gasteiger partial charge in [-0.2, -0.15) is 0 Å². The van der Waals surface area contributed by atoms with Gasteiger partial charge in [-0.25, -0.2) is 0 Å². The van der Waals surface area contributed by atoms with Gasteiger partial charge in [0, 0.05) is 6.92 Å². The van der Waals surface area contributed by atoms with Crippen LogP contribution in [0.1, 0.15) is 32.3 Å². The Hall–Kier alpha value is -2.09. The maximum Gasteiger partial charge on any atom is 0.300 e. The van der Waals surface area contributed by atoms with Crippen molar-refractivity contribution in [2.45, 2.75) is 26.7 Å². The van der Waals surface area contributed by atoms with Gasteiger partial charge >= 0.3 is 0 Å². The summed E-state index contributed by atoms with van der Waals surface area (Å²) < 4.78 is 0. The Morgan fingerprint density at radius 1 is 0.895 bits per heavy atom. The summed E-state index contributed by atoms with van der Waals surface area (Å²) in [5, 5.41) is 7.42. The molecule has 0 heterocycles. The number of hydrogen-bond donors (Lipinski definition) is 1. The Bertz CT molecular complexity index is 495. The Morgan fingerprint density at radius 3 is 1.74 bits per heavy atom. The predicted octanol–water partition coefficient (Wildman–Crippen LogP) is 4.57. The molecule has 0 unspecified atom stereocenters. The van der Waals surface area contributed by atoms with Gasteiger partial charge in [-0.1, -0.05) is 68.4 Å². The first-order valence-corrected chi connectivity index (χ1v) is 6.35. The highest BCUT2D eigenvalue weighted by Crippen LogP contribution is 2.22. The summed E-state index contributed by atoms with van der Waals surface area (Å²) in [6.07, 6.45) is 0. The second-order valence-electron chi connectivity index (χ2n) is 4.66. The van der Waals surface area contributed by atoms with E-state index in [-0.39, 0.29) is 0 Å².